The van der Waals surface area contributed by atoms with E-state index in [1.165, 1.54) is 12.2 Å². The highest BCUT2D eigenvalue weighted by Gasteiger charge is 2.12. The first-order chi connectivity index (χ1) is 6.21. The minimum Gasteiger partial charge on any atom is -0.462 e. The van der Waals surface area contributed by atoms with Crippen LogP contribution in [0.4, 0.5) is 0 Å². The first-order valence-electron chi connectivity index (χ1n) is 3.77. The highest BCUT2D eigenvalue weighted by atomic mass is 16.5. The summed E-state index contributed by atoms with van der Waals surface area (Å²) >= 11 is 0. The molecule has 0 heterocycles. The van der Waals surface area contributed by atoms with Gasteiger partial charge in [-0.1, -0.05) is 25.3 Å². The van der Waals surface area contributed by atoms with Gasteiger partial charge in [0.25, 0.3) is 0 Å². The second-order valence-electron chi connectivity index (χ2n) is 2.07. The fraction of sp³-hybridized carbons (Fsp3) is 0.200. The van der Waals surface area contributed by atoms with Gasteiger partial charge >= 0.3 is 5.97 Å². The van der Waals surface area contributed by atoms with E-state index in [0.717, 1.165) is 0 Å². The van der Waals surface area contributed by atoms with Crippen molar-refractivity contribution in [1.29, 1.82) is 5.26 Å². The van der Waals surface area contributed by atoms with Crippen LogP contribution in [0.15, 0.2) is 36.5 Å². The second kappa shape index (κ2) is 5.78. The van der Waals surface area contributed by atoms with Crippen molar-refractivity contribution < 1.29 is 9.53 Å². The zero-order valence-electron chi connectivity index (χ0n) is 7.54. The number of allylic oxidation sites excluding steroid dienone is 3. The van der Waals surface area contributed by atoms with Gasteiger partial charge in [-0.25, -0.2) is 4.79 Å². The van der Waals surface area contributed by atoms with E-state index in [-0.39, 0.29) is 12.2 Å². The molecule has 0 fully saturated rings. The molecule has 3 nitrogen and oxygen atoms in total. The van der Waals surface area contributed by atoms with Crippen molar-refractivity contribution in [2.75, 3.05) is 6.61 Å². The Bertz CT molecular complexity index is 285. The summed E-state index contributed by atoms with van der Waals surface area (Å²) in [6.07, 6.45) is 2.78. The van der Waals surface area contributed by atoms with Gasteiger partial charge in [-0.2, -0.15) is 5.26 Å². The number of esters is 1. The van der Waals surface area contributed by atoms with Gasteiger partial charge in [-0.15, -0.1) is 0 Å². The third-order valence-electron chi connectivity index (χ3n) is 1.32. The summed E-state index contributed by atoms with van der Waals surface area (Å²) in [7, 11) is 0. The zero-order valence-corrected chi connectivity index (χ0v) is 7.54. The van der Waals surface area contributed by atoms with Crippen molar-refractivity contribution in [3.8, 4) is 6.07 Å². The van der Waals surface area contributed by atoms with E-state index in [4.69, 9.17) is 5.26 Å². The van der Waals surface area contributed by atoms with Gasteiger partial charge in [-0.3, -0.25) is 0 Å². The molecule has 0 rings (SSSR count). The Hall–Kier alpha value is -1.82. The number of ether oxygens (including phenoxy) is 1. The predicted molar refractivity (Wildman–Crippen MR) is 49.7 cm³/mol. The van der Waals surface area contributed by atoms with Crippen molar-refractivity contribution >= 4 is 5.97 Å². The first-order valence-corrected chi connectivity index (χ1v) is 3.77. The molecule has 13 heavy (non-hydrogen) atoms. The Balaban J connectivity index is 4.98. The number of hydrogen-bond donors (Lipinski definition) is 0. The molecule has 0 aliphatic rings. The summed E-state index contributed by atoms with van der Waals surface area (Å²) in [5.41, 5.74) is 0.327. The molecule has 3 heteroatoms. The predicted octanol–water partition coefficient (Wildman–Crippen LogP) is 1.74. The van der Waals surface area contributed by atoms with Crippen LogP contribution in [0.25, 0.3) is 0 Å². The quantitative estimate of drug-likeness (QED) is 0.284. The molecular formula is C10H11NO2. The third-order valence-corrected chi connectivity index (χ3v) is 1.32. The van der Waals surface area contributed by atoms with Gasteiger partial charge in [-0.05, 0) is 12.5 Å². The summed E-state index contributed by atoms with van der Waals surface area (Å²) in [5.74, 6) is -0.639. The van der Waals surface area contributed by atoms with Gasteiger partial charge in [0.15, 0.2) is 0 Å². The highest BCUT2D eigenvalue weighted by molar-refractivity contribution is 5.94. The molecular weight excluding hydrogens is 166 g/mol. The number of carbonyl (C=O) groups is 1. The van der Waals surface area contributed by atoms with Crippen LogP contribution in [-0.2, 0) is 9.53 Å². The van der Waals surface area contributed by atoms with Gasteiger partial charge in [0.2, 0.25) is 0 Å². The topological polar surface area (TPSA) is 50.1 Å². The fourth-order valence-electron chi connectivity index (χ4n) is 0.719. The van der Waals surface area contributed by atoms with Gasteiger partial charge in [0.1, 0.15) is 11.6 Å². The first kappa shape index (κ1) is 11.2. The van der Waals surface area contributed by atoms with E-state index in [2.05, 4.69) is 17.9 Å². The van der Waals surface area contributed by atoms with E-state index in [1.807, 2.05) is 0 Å². The summed E-state index contributed by atoms with van der Waals surface area (Å²) in [4.78, 5) is 11.1. The van der Waals surface area contributed by atoms with E-state index in [0.29, 0.717) is 5.57 Å². The minimum absolute atomic E-state index is 0.0631. The van der Waals surface area contributed by atoms with Crippen LogP contribution in [0.2, 0.25) is 0 Å². The average Bonchev–Trinajstić information content (AvgIpc) is 2.14. The van der Waals surface area contributed by atoms with Crippen LogP contribution < -0.4 is 0 Å². The van der Waals surface area contributed by atoms with E-state index >= 15 is 0 Å². The van der Waals surface area contributed by atoms with Crippen molar-refractivity contribution in [3.05, 3.63) is 36.5 Å². The minimum atomic E-state index is -0.639. The molecule has 0 bridgehead atoms. The van der Waals surface area contributed by atoms with Crippen LogP contribution >= 0.6 is 0 Å². The van der Waals surface area contributed by atoms with Crippen LogP contribution in [0.1, 0.15) is 6.92 Å². The lowest BCUT2D eigenvalue weighted by Crippen LogP contribution is -2.07. The third kappa shape index (κ3) is 2.96. The molecule has 0 atom stereocenters. The Morgan fingerprint density at radius 3 is 2.38 bits per heavy atom. The Labute approximate surface area is 77.6 Å². The lowest BCUT2D eigenvalue weighted by atomic mass is 10.1. The molecule has 0 aromatic carbocycles. The van der Waals surface area contributed by atoms with E-state index in [9.17, 15) is 4.79 Å². The Morgan fingerprint density at radius 1 is 1.54 bits per heavy atom. The summed E-state index contributed by atoms with van der Waals surface area (Å²) in [6.45, 7) is 8.83. The van der Waals surface area contributed by atoms with Gasteiger partial charge in [0, 0.05) is 0 Å². The van der Waals surface area contributed by atoms with E-state index in [1.54, 1.807) is 13.0 Å². The van der Waals surface area contributed by atoms with Crippen LogP contribution in [0.3, 0.4) is 0 Å². The number of nitrogens with zero attached hydrogens (tertiary/aromatic N) is 1. The Morgan fingerprint density at radius 2 is 2.08 bits per heavy atom. The highest BCUT2D eigenvalue weighted by Crippen LogP contribution is 2.07. The molecule has 0 aliphatic heterocycles. The molecule has 0 aromatic rings. The molecule has 68 valence electrons. The standard InChI is InChI=1S/C10H11NO2/c1-4-8(5-2)9(7-11)10(12)13-6-3/h4-5H,1-2,6H2,3H3. The van der Waals surface area contributed by atoms with Crippen molar-refractivity contribution in [1.82, 2.24) is 0 Å². The smallest absolute Gasteiger partial charge is 0.349 e. The van der Waals surface area contributed by atoms with E-state index < -0.39 is 5.97 Å². The SMILES string of the molecule is C=CC(C=C)=C(C#N)C(=O)OCC. The number of nitriles is 1. The molecule has 0 unspecified atom stereocenters. The molecule has 0 saturated carbocycles. The lowest BCUT2D eigenvalue weighted by molar-refractivity contribution is -0.138. The summed E-state index contributed by atoms with van der Waals surface area (Å²) < 4.78 is 4.66. The largest absolute Gasteiger partial charge is 0.462 e. The summed E-state index contributed by atoms with van der Waals surface area (Å²) in [5, 5.41) is 8.65. The van der Waals surface area contributed by atoms with Crippen LogP contribution in [0, 0.1) is 11.3 Å². The number of hydrogen-bond acceptors (Lipinski definition) is 3. The van der Waals surface area contributed by atoms with Crippen LogP contribution in [-0.4, -0.2) is 12.6 Å². The molecule has 0 aromatic heterocycles. The van der Waals surface area contributed by atoms with Crippen molar-refractivity contribution in [2.24, 2.45) is 0 Å². The fourth-order valence-corrected chi connectivity index (χ4v) is 0.719. The molecule has 0 amide bonds. The molecule has 0 radical (unpaired) electrons. The Kier molecular flexibility index (Phi) is 4.97. The molecule has 0 N–H and O–H groups in total. The maximum Gasteiger partial charge on any atom is 0.349 e. The number of carbonyl (C=O) groups excluding carboxylic acids is 1. The molecule has 0 saturated heterocycles. The maximum atomic E-state index is 11.1. The number of rotatable bonds is 4. The maximum absolute atomic E-state index is 11.1. The van der Waals surface area contributed by atoms with Crippen LogP contribution in [0.5, 0.6) is 0 Å². The zero-order chi connectivity index (χ0) is 10.3. The normalized spacial score (nSPS) is 8.00. The van der Waals surface area contributed by atoms with Crippen molar-refractivity contribution in [3.63, 3.8) is 0 Å². The second-order valence-corrected chi connectivity index (χ2v) is 2.07. The van der Waals surface area contributed by atoms with Gasteiger partial charge in [0.05, 0.1) is 6.61 Å². The molecule has 0 spiro atoms. The lowest BCUT2D eigenvalue weighted by Gasteiger charge is -2.01. The average molecular weight is 177 g/mol. The summed E-state index contributed by atoms with van der Waals surface area (Å²) in [6, 6.07) is 1.75. The van der Waals surface area contributed by atoms with Crippen molar-refractivity contribution in [2.45, 2.75) is 6.92 Å². The molecule has 0 aliphatic carbocycles. The van der Waals surface area contributed by atoms with Gasteiger partial charge < -0.3 is 4.74 Å². The monoisotopic (exact) mass is 177 g/mol.